The van der Waals surface area contributed by atoms with Crippen LogP contribution in [0.1, 0.15) is 17.7 Å². The minimum atomic E-state index is 0.0563. The summed E-state index contributed by atoms with van der Waals surface area (Å²) in [5.41, 5.74) is 1.09. The van der Waals surface area contributed by atoms with Crippen molar-refractivity contribution in [3.05, 3.63) is 72.7 Å². The Labute approximate surface area is 134 Å². The van der Waals surface area contributed by atoms with Crippen LogP contribution < -0.4 is 0 Å². The van der Waals surface area contributed by atoms with Crippen molar-refractivity contribution in [2.24, 2.45) is 0 Å². The van der Waals surface area contributed by atoms with Gasteiger partial charge in [-0.25, -0.2) is 4.98 Å². The van der Waals surface area contributed by atoms with Crippen LogP contribution in [0.25, 0.3) is 0 Å². The van der Waals surface area contributed by atoms with Crippen LogP contribution in [0.2, 0.25) is 0 Å². The molecule has 2 aromatic heterocycles. The highest BCUT2D eigenvalue weighted by Gasteiger charge is 2.16. The van der Waals surface area contributed by atoms with Crippen molar-refractivity contribution in [3.63, 3.8) is 0 Å². The normalized spacial score (nSPS) is 10.6. The summed E-state index contributed by atoms with van der Waals surface area (Å²) in [4.78, 5) is 18.3. The van der Waals surface area contributed by atoms with Gasteiger partial charge in [0, 0.05) is 13.0 Å². The second-order valence-electron chi connectivity index (χ2n) is 5.22. The van der Waals surface area contributed by atoms with Gasteiger partial charge in [-0.1, -0.05) is 30.3 Å². The van der Waals surface area contributed by atoms with Crippen molar-refractivity contribution in [2.75, 3.05) is 0 Å². The van der Waals surface area contributed by atoms with E-state index in [2.05, 4.69) is 10.1 Å². The number of carbonyl (C=O) groups excluding carboxylic acids is 1. The van der Waals surface area contributed by atoms with Crippen molar-refractivity contribution in [3.8, 4) is 0 Å². The Hall–Kier alpha value is -2.89. The lowest BCUT2D eigenvalue weighted by atomic mass is 10.2. The monoisotopic (exact) mass is 310 g/mol. The van der Waals surface area contributed by atoms with Crippen molar-refractivity contribution in [1.29, 1.82) is 0 Å². The average molecular weight is 310 g/mol. The summed E-state index contributed by atoms with van der Waals surface area (Å²) >= 11 is 0. The Bertz CT molecular complexity index is 708. The SMILES string of the molecule is O=C(CCn1cncn1)N(Cc1ccccc1)Cc1ccco1. The minimum Gasteiger partial charge on any atom is -0.467 e. The van der Waals surface area contributed by atoms with E-state index in [1.54, 1.807) is 22.2 Å². The summed E-state index contributed by atoms with van der Waals surface area (Å²) in [7, 11) is 0. The third kappa shape index (κ3) is 4.29. The number of aromatic nitrogens is 3. The molecule has 3 rings (SSSR count). The van der Waals surface area contributed by atoms with Gasteiger partial charge in [0.05, 0.1) is 19.4 Å². The van der Waals surface area contributed by atoms with Crippen molar-refractivity contribution in [2.45, 2.75) is 26.1 Å². The molecule has 0 bridgehead atoms. The fourth-order valence-electron chi connectivity index (χ4n) is 2.34. The van der Waals surface area contributed by atoms with E-state index in [1.807, 2.05) is 42.5 Å². The molecule has 0 fully saturated rings. The molecule has 1 amide bonds. The van der Waals surface area contributed by atoms with Gasteiger partial charge in [0.2, 0.25) is 5.91 Å². The Kier molecular flexibility index (Phi) is 4.83. The van der Waals surface area contributed by atoms with Gasteiger partial charge in [0.1, 0.15) is 18.4 Å². The average Bonchev–Trinajstić information content (AvgIpc) is 3.26. The quantitative estimate of drug-likeness (QED) is 0.672. The number of benzene rings is 1. The highest BCUT2D eigenvalue weighted by molar-refractivity contribution is 5.76. The van der Waals surface area contributed by atoms with E-state index in [1.165, 1.54) is 6.33 Å². The number of hydrogen-bond donors (Lipinski definition) is 0. The van der Waals surface area contributed by atoms with Crippen molar-refractivity contribution < 1.29 is 9.21 Å². The van der Waals surface area contributed by atoms with Gasteiger partial charge in [-0.3, -0.25) is 9.48 Å². The molecule has 2 heterocycles. The number of amides is 1. The number of rotatable bonds is 7. The first-order chi connectivity index (χ1) is 11.3. The van der Waals surface area contributed by atoms with Gasteiger partial charge in [-0.15, -0.1) is 0 Å². The molecule has 118 valence electrons. The molecule has 0 saturated heterocycles. The second-order valence-corrected chi connectivity index (χ2v) is 5.22. The molecular formula is C17H18N4O2. The number of furan rings is 1. The summed E-state index contributed by atoms with van der Waals surface area (Å²) in [5, 5.41) is 4.02. The number of nitrogens with zero attached hydrogens (tertiary/aromatic N) is 4. The van der Waals surface area contributed by atoms with Crippen LogP contribution in [0, 0.1) is 0 Å². The van der Waals surface area contributed by atoms with E-state index in [0.29, 0.717) is 26.1 Å². The van der Waals surface area contributed by atoms with Gasteiger partial charge >= 0.3 is 0 Å². The molecule has 6 heteroatoms. The summed E-state index contributed by atoms with van der Waals surface area (Å²) in [5.74, 6) is 0.829. The second kappa shape index (κ2) is 7.40. The zero-order chi connectivity index (χ0) is 15.9. The molecule has 1 aromatic carbocycles. The Balaban J connectivity index is 1.67. The van der Waals surface area contributed by atoms with Gasteiger partial charge in [0.15, 0.2) is 0 Å². The van der Waals surface area contributed by atoms with Gasteiger partial charge in [0.25, 0.3) is 0 Å². The molecule has 0 aliphatic carbocycles. The summed E-state index contributed by atoms with van der Waals surface area (Å²) in [6, 6.07) is 13.6. The van der Waals surface area contributed by atoms with Crippen molar-refractivity contribution in [1.82, 2.24) is 19.7 Å². The smallest absolute Gasteiger partial charge is 0.225 e. The lowest BCUT2D eigenvalue weighted by Gasteiger charge is -2.22. The molecule has 0 saturated carbocycles. The van der Waals surface area contributed by atoms with Crippen LogP contribution in [-0.2, 0) is 24.4 Å². The van der Waals surface area contributed by atoms with E-state index in [-0.39, 0.29) is 5.91 Å². The van der Waals surface area contributed by atoms with Crippen molar-refractivity contribution >= 4 is 5.91 Å². The molecule has 0 atom stereocenters. The molecule has 0 aliphatic heterocycles. The number of hydrogen-bond acceptors (Lipinski definition) is 4. The molecule has 0 unspecified atom stereocenters. The van der Waals surface area contributed by atoms with E-state index in [9.17, 15) is 4.79 Å². The predicted octanol–water partition coefficient (Wildman–Crippen LogP) is 2.49. The van der Waals surface area contributed by atoms with Crippen LogP contribution in [0.15, 0.2) is 65.8 Å². The lowest BCUT2D eigenvalue weighted by molar-refractivity contribution is -0.133. The Morgan fingerprint density at radius 2 is 2.00 bits per heavy atom. The molecule has 0 N–H and O–H groups in total. The lowest BCUT2D eigenvalue weighted by Crippen LogP contribution is -2.30. The zero-order valence-corrected chi connectivity index (χ0v) is 12.7. The topological polar surface area (TPSA) is 64.2 Å². The third-order valence-corrected chi connectivity index (χ3v) is 3.52. The van der Waals surface area contributed by atoms with Gasteiger partial charge in [-0.05, 0) is 17.7 Å². The maximum absolute atomic E-state index is 12.6. The molecule has 0 aliphatic rings. The van der Waals surface area contributed by atoms with Crippen LogP contribution in [0.4, 0.5) is 0 Å². The van der Waals surface area contributed by atoms with E-state index in [0.717, 1.165) is 11.3 Å². The maximum atomic E-state index is 12.6. The first-order valence-corrected chi connectivity index (χ1v) is 7.48. The molecule has 6 nitrogen and oxygen atoms in total. The number of aryl methyl sites for hydroxylation is 1. The van der Waals surface area contributed by atoms with E-state index in [4.69, 9.17) is 4.42 Å². The highest BCUT2D eigenvalue weighted by atomic mass is 16.3. The van der Waals surface area contributed by atoms with E-state index < -0.39 is 0 Å². The Morgan fingerprint density at radius 1 is 1.13 bits per heavy atom. The predicted molar refractivity (Wildman–Crippen MR) is 84.0 cm³/mol. The third-order valence-electron chi connectivity index (χ3n) is 3.52. The summed E-state index contributed by atoms with van der Waals surface area (Å²) in [6.45, 7) is 1.53. The van der Waals surface area contributed by atoms with Crippen LogP contribution in [0.3, 0.4) is 0 Å². The largest absolute Gasteiger partial charge is 0.467 e. The molecular weight excluding hydrogens is 292 g/mol. The van der Waals surface area contributed by atoms with Crippen LogP contribution in [-0.4, -0.2) is 25.6 Å². The zero-order valence-electron chi connectivity index (χ0n) is 12.7. The number of carbonyl (C=O) groups is 1. The van der Waals surface area contributed by atoms with Crippen LogP contribution >= 0.6 is 0 Å². The van der Waals surface area contributed by atoms with Crippen LogP contribution in [0.5, 0.6) is 0 Å². The molecule has 3 aromatic rings. The molecule has 0 radical (unpaired) electrons. The Morgan fingerprint density at radius 3 is 2.70 bits per heavy atom. The van der Waals surface area contributed by atoms with E-state index >= 15 is 0 Å². The standard InChI is InChI=1S/C17H18N4O2/c22-17(8-9-21-14-18-13-19-21)20(12-16-7-4-10-23-16)11-15-5-2-1-3-6-15/h1-7,10,13-14H,8-9,11-12H2. The maximum Gasteiger partial charge on any atom is 0.225 e. The minimum absolute atomic E-state index is 0.0563. The molecule has 23 heavy (non-hydrogen) atoms. The first kappa shape index (κ1) is 15.0. The van der Waals surface area contributed by atoms with Gasteiger partial charge < -0.3 is 9.32 Å². The fraction of sp³-hybridized carbons (Fsp3) is 0.235. The fourth-order valence-corrected chi connectivity index (χ4v) is 2.34. The van der Waals surface area contributed by atoms with Gasteiger partial charge in [-0.2, -0.15) is 5.10 Å². The first-order valence-electron chi connectivity index (χ1n) is 7.48. The highest BCUT2D eigenvalue weighted by Crippen LogP contribution is 2.12. The summed E-state index contributed by atoms with van der Waals surface area (Å²) in [6.07, 6.45) is 5.07. The summed E-state index contributed by atoms with van der Waals surface area (Å²) < 4.78 is 7.04. The molecule has 0 spiro atoms.